The molecule has 0 bridgehead atoms. The Hall–Kier alpha value is -2.27. The molecule has 20 heavy (non-hydrogen) atoms. The Balaban J connectivity index is 2.02. The van der Waals surface area contributed by atoms with Gasteiger partial charge < -0.3 is 10.6 Å². The first-order chi connectivity index (χ1) is 9.59. The van der Waals surface area contributed by atoms with Gasteiger partial charge in [0.25, 0.3) is 0 Å². The third-order valence-electron chi connectivity index (χ3n) is 3.45. The first-order valence-electron chi connectivity index (χ1n) is 6.18. The zero-order valence-corrected chi connectivity index (χ0v) is 10.5. The summed E-state index contributed by atoms with van der Waals surface area (Å²) in [5.74, 6) is -1.23. The first kappa shape index (κ1) is 12.7. The Bertz CT molecular complexity index is 674. The molecule has 0 saturated carbocycles. The van der Waals surface area contributed by atoms with Crippen molar-refractivity contribution in [3.8, 4) is 0 Å². The predicted octanol–water partition coefficient (Wildman–Crippen LogP) is 2.38. The zero-order chi connectivity index (χ0) is 14.3. The lowest BCUT2D eigenvalue weighted by Crippen LogP contribution is -2.63. The van der Waals surface area contributed by atoms with Crippen LogP contribution in [0.1, 0.15) is 11.6 Å². The fraction of sp³-hybridized carbons (Fsp3) is 0.133. The molecule has 1 fully saturated rings. The van der Waals surface area contributed by atoms with Crippen molar-refractivity contribution in [2.75, 3.05) is 4.90 Å². The highest BCUT2D eigenvalue weighted by molar-refractivity contribution is 6.05. The first-order valence-corrected chi connectivity index (χ1v) is 6.18. The molecule has 3 nitrogen and oxygen atoms in total. The number of anilines is 1. The Kier molecular flexibility index (Phi) is 2.99. The second-order valence-electron chi connectivity index (χ2n) is 4.68. The van der Waals surface area contributed by atoms with Gasteiger partial charge in [-0.1, -0.05) is 24.3 Å². The average Bonchev–Trinajstić information content (AvgIpc) is 2.45. The highest BCUT2D eigenvalue weighted by Crippen LogP contribution is 2.39. The summed E-state index contributed by atoms with van der Waals surface area (Å²) in [6, 6.07) is 10.3. The summed E-state index contributed by atoms with van der Waals surface area (Å²) in [5.41, 5.74) is 6.50. The van der Waals surface area contributed by atoms with Crippen LogP contribution in [0.2, 0.25) is 0 Å². The minimum absolute atomic E-state index is 0.337. The van der Waals surface area contributed by atoms with Crippen LogP contribution in [0, 0.1) is 11.6 Å². The molecule has 2 aromatic rings. The minimum Gasteiger partial charge on any atom is -0.318 e. The van der Waals surface area contributed by atoms with Crippen LogP contribution in [0.3, 0.4) is 0 Å². The van der Waals surface area contributed by atoms with E-state index in [9.17, 15) is 13.6 Å². The van der Waals surface area contributed by atoms with Crippen LogP contribution in [0.15, 0.2) is 48.5 Å². The van der Waals surface area contributed by atoms with Crippen LogP contribution in [0.4, 0.5) is 14.5 Å². The molecule has 2 aromatic carbocycles. The van der Waals surface area contributed by atoms with Gasteiger partial charge in [-0.25, -0.2) is 8.78 Å². The molecule has 1 aliphatic heterocycles. The van der Waals surface area contributed by atoms with Crippen LogP contribution < -0.4 is 10.6 Å². The lowest BCUT2D eigenvalue weighted by molar-refractivity contribution is -0.126. The van der Waals surface area contributed by atoms with E-state index in [0.717, 1.165) is 0 Å². The summed E-state index contributed by atoms with van der Waals surface area (Å²) in [6.07, 6.45) is 0. The normalized spacial score (nSPS) is 21.8. The summed E-state index contributed by atoms with van der Waals surface area (Å²) in [4.78, 5) is 13.2. The number of halogens is 2. The van der Waals surface area contributed by atoms with Gasteiger partial charge in [0, 0.05) is 11.3 Å². The number of hydrogen-bond acceptors (Lipinski definition) is 2. The number of rotatable bonds is 2. The molecule has 3 rings (SSSR count). The fourth-order valence-electron chi connectivity index (χ4n) is 2.47. The van der Waals surface area contributed by atoms with Gasteiger partial charge >= 0.3 is 0 Å². The summed E-state index contributed by atoms with van der Waals surface area (Å²) in [7, 11) is 0. The number of nitrogens with zero attached hydrogens (tertiary/aromatic N) is 1. The van der Waals surface area contributed by atoms with Gasteiger partial charge in [0.15, 0.2) is 0 Å². The van der Waals surface area contributed by atoms with Gasteiger partial charge in [0.1, 0.15) is 17.7 Å². The molecule has 0 spiro atoms. The van der Waals surface area contributed by atoms with Crippen LogP contribution in [0.25, 0.3) is 0 Å². The number of hydrogen-bond donors (Lipinski definition) is 1. The molecule has 0 aromatic heterocycles. The zero-order valence-electron chi connectivity index (χ0n) is 10.5. The molecule has 0 unspecified atom stereocenters. The molecule has 0 radical (unpaired) electrons. The molecule has 1 heterocycles. The Morgan fingerprint density at radius 3 is 2.50 bits per heavy atom. The third-order valence-corrected chi connectivity index (χ3v) is 3.45. The second kappa shape index (κ2) is 4.68. The summed E-state index contributed by atoms with van der Waals surface area (Å²) >= 11 is 0. The molecule has 1 saturated heterocycles. The van der Waals surface area contributed by atoms with E-state index < -0.39 is 23.7 Å². The van der Waals surface area contributed by atoms with Crippen LogP contribution in [0.5, 0.6) is 0 Å². The van der Waals surface area contributed by atoms with Crippen molar-refractivity contribution in [2.45, 2.75) is 12.1 Å². The van der Waals surface area contributed by atoms with Crippen molar-refractivity contribution in [2.24, 2.45) is 5.73 Å². The quantitative estimate of drug-likeness (QED) is 0.855. The van der Waals surface area contributed by atoms with E-state index in [0.29, 0.717) is 11.3 Å². The van der Waals surface area contributed by atoms with Crippen LogP contribution >= 0.6 is 0 Å². The SMILES string of the molecule is N[C@H]1C(=O)N(c2cccc(F)c2)[C@@H]1c1ccccc1F. The summed E-state index contributed by atoms with van der Waals surface area (Å²) in [6.45, 7) is 0. The van der Waals surface area contributed by atoms with E-state index in [-0.39, 0.29) is 5.91 Å². The smallest absolute Gasteiger partial charge is 0.247 e. The Labute approximate surface area is 114 Å². The van der Waals surface area contributed by atoms with Crippen molar-refractivity contribution in [3.63, 3.8) is 0 Å². The van der Waals surface area contributed by atoms with E-state index in [4.69, 9.17) is 5.73 Å². The van der Waals surface area contributed by atoms with Crippen molar-refractivity contribution >= 4 is 11.6 Å². The van der Waals surface area contributed by atoms with Crippen molar-refractivity contribution in [1.82, 2.24) is 0 Å². The second-order valence-corrected chi connectivity index (χ2v) is 4.68. The number of amides is 1. The maximum absolute atomic E-state index is 13.9. The van der Waals surface area contributed by atoms with Gasteiger partial charge in [0.2, 0.25) is 5.91 Å². The maximum atomic E-state index is 13.9. The summed E-state index contributed by atoms with van der Waals surface area (Å²) < 4.78 is 27.1. The van der Waals surface area contributed by atoms with Crippen molar-refractivity contribution in [3.05, 3.63) is 65.7 Å². The topological polar surface area (TPSA) is 46.3 Å². The molecule has 2 atom stereocenters. The van der Waals surface area contributed by atoms with Gasteiger partial charge in [-0.05, 0) is 24.3 Å². The van der Waals surface area contributed by atoms with E-state index in [1.165, 1.54) is 29.2 Å². The predicted molar refractivity (Wildman–Crippen MR) is 71.0 cm³/mol. The molecular formula is C15H12F2N2O. The molecule has 0 aliphatic carbocycles. The van der Waals surface area contributed by atoms with Gasteiger partial charge in [-0.3, -0.25) is 4.79 Å². The van der Waals surface area contributed by atoms with Crippen molar-refractivity contribution in [1.29, 1.82) is 0 Å². The van der Waals surface area contributed by atoms with Gasteiger partial charge in [-0.15, -0.1) is 0 Å². The van der Waals surface area contributed by atoms with E-state index in [2.05, 4.69) is 0 Å². The Morgan fingerprint density at radius 1 is 1.05 bits per heavy atom. The molecule has 1 aliphatic rings. The minimum atomic E-state index is -0.810. The number of benzene rings is 2. The number of nitrogens with two attached hydrogens (primary N) is 1. The molecule has 1 amide bonds. The Morgan fingerprint density at radius 2 is 1.80 bits per heavy atom. The lowest BCUT2D eigenvalue weighted by Gasteiger charge is -2.45. The average molecular weight is 274 g/mol. The number of β-lactam (4-membered cyclic amide) rings is 1. The molecule has 102 valence electrons. The molecule has 2 N–H and O–H groups in total. The largest absolute Gasteiger partial charge is 0.318 e. The lowest BCUT2D eigenvalue weighted by atomic mass is 9.88. The number of carbonyl (C=O) groups excluding carboxylic acids is 1. The molecule has 5 heteroatoms. The standard InChI is InChI=1S/C15H12F2N2O/c16-9-4-3-5-10(8-9)19-14(13(18)15(19)20)11-6-1-2-7-12(11)17/h1-8,13-14H,18H2/t13-,14-/m1/s1. The highest BCUT2D eigenvalue weighted by Gasteiger charge is 2.47. The van der Waals surface area contributed by atoms with Gasteiger partial charge in [0.05, 0.1) is 6.04 Å². The van der Waals surface area contributed by atoms with E-state index >= 15 is 0 Å². The molecular weight excluding hydrogens is 262 g/mol. The summed E-state index contributed by atoms with van der Waals surface area (Å²) in [5, 5.41) is 0. The monoisotopic (exact) mass is 274 g/mol. The fourth-order valence-corrected chi connectivity index (χ4v) is 2.47. The highest BCUT2D eigenvalue weighted by atomic mass is 19.1. The van der Waals surface area contributed by atoms with E-state index in [1.54, 1.807) is 24.3 Å². The maximum Gasteiger partial charge on any atom is 0.247 e. The van der Waals surface area contributed by atoms with E-state index in [1.807, 2.05) is 0 Å². The van der Waals surface area contributed by atoms with Gasteiger partial charge in [-0.2, -0.15) is 0 Å². The third kappa shape index (κ3) is 1.87. The number of carbonyl (C=O) groups is 1. The van der Waals surface area contributed by atoms with Crippen LogP contribution in [-0.4, -0.2) is 11.9 Å². The van der Waals surface area contributed by atoms with Crippen molar-refractivity contribution < 1.29 is 13.6 Å². The van der Waals surface area contributed by atoms with Crippen LogP contribution in [-0.2, 0) is 4.79 Å².